The van der Waals surface area contributed by atoms with Crippen LogP contribution in [-0.4, -0.2) is 40.5 Å². The summed E-state index contributed by atoms with van der Waals surface area (Å²) < 4.78 is 7.72. The van der Waals surface area contributed by atoms with Crippen LogP contribution >= 0.6 is 0 Å². The van der Waals surface area contributed by atoms with E-state index in [0.29, 0.717) is 5.56 Å². The number of hydrogen-bond donors (Lipinski definition) is 0. The highest BCUT2D eigenvalue weighted by Gasteiger charge is 2.20. The molecular weight excluding hydrogens is 264 g/mol. The highest BCUT2D eigenvalue weighted by Crippen LogP contribution is 2.12. The number of hydrogen-bond acceptors (Lipinski definition) is 4. The first-order valence-electron chi connectivity index (χ1n) is 7.14. The number of aromatic nitrogens is 2. The molecule has 1 aromatic heterocycles. The highest BCUT2D eigenvalue weighted by atomic mass is 16.5. The van der Waals surface area contributed by atoms with E-state index in [4.69, 9.17) is 10.00 Å². The summed E-state index contributed by atoms with van der Waals surface area (Å²) in [7, 11) is 0. The Hall–Kier alpha value is -2.16. The minimum Gasteiger partial charge on any atom is -0.374 e. The second-order valence-electron chi connectivity index (χ2n) is 5.26. The van der Waals surface area contributed by atoms with E-state index < -0.39 is 0 Å². The van der Waals surface area contributed by atoms with Crippen LogP contribution in [0.1, 0.15) is 11.1 Å². The van der Waals surface area contributed by atoms with Crippen LogP contribution in [0.2, 0.25) is 0 Å². The van der Waals surface area contributed by atoms with Crippen molar-refractivity contribution in [3.05, 3.63) is 53.9 Å². The van der Waals surface area contributed by atoms with Crippen molar-refractivity contribution in [1.82, 2.24) is 14.7 Å². The van der Waals surface area contributed by atoms with Crippen molar-refractivity contribution in [1.29, 1.82) is 5.26 Å². The van der Waals surface area contributed by atoms with E-state index in [-0.39, 0.29) is 6.10 Å². The molecule has 2 heterocycles. The number of nitriles is 1. The Kier molecular flexibility index (Phi) is 4.29. The monoisotopic (exact) mass is 282 g/mol. The van der Waals surface area contributed by atoms with E-state index in [1.165, 1.54) is 5.56 Å². The van der Waals surface area contributed by atoms with Gasteiger partial charge in [0.15, 0.2) is 0 Å². The molecule has 0 amide bonds. The molecule has 1 aromatic carbocycles. The average molecular weight is 282 g/mol. The van der Waals surface area contributed by atoms with Crippen molar-refractivity contribution in [3.8, 4) is 6.07 Å². The standard InChI is InChI=1S/C16H18N4O/c17-10-14-2-4-15(5-3-14)11-19-8-9-21-16(12-19)13-20-7-1-6-18-20/h1-7,16H,8-9,11-13H2/t16-/m1/s1. The first kappa shape index (κ1) is 13.8. The van der Waals surface area contributed by atoms with Gasteiger partial charge in [0.25, 0.3) is 0 Å². The van der Waals surface area contributed by atoms with Crippen molar-refractivity contribution in [2.24, 2.45) is 0 Å². The molecule has 1 atom stereocenters. The van der Waals surface area contributed by atoms with Gasteiger partial charge in [-0.25, -0.2) is 0 Å². The average Bonchev–Trinajstić information content (AvgIpc) is 3.01. The zero-order valence-corrected chi connectivity index (χ0v) is 11.9. The smallest absolute Gasteiger partial charge is 0.0991 e. The van der Waals surface area contributed by atoms with Gasteiger partial charge in [-0.1, -0.05) is 12.1 Å². The third-order valence-electron chi connectivity index (χ3n) is 3.66. The first-order chi connectivity index (χ1) is 10.3. The van der Waals surface area contributed by atoms with Gasteiger partial charge in [-0.05, 0) is 23.8 Å². The highest BCUT2D eigenvalue weighted by molar-refractivity contribution is 5.31. The lowest BCUT2D eigenvalue weighted by molar-refractivity contribution is -0.0402. The minimum atomic E-state index is 0.178. The molecule has 1 aliphatic heterocycles. The Morgan fingerprint density at radius 1 is 1.33 bits per heavy atom. The lowest BCUT2D eigenvalue weighted by atomic mass is 10.1. The number of ether oxygens (including phenoxy) is 1. The van der Waals surface area contributed by atoms with Crippen LogP contribution in [0.3, 0.4) is 0 Å². The molecule has 1 saturated heterocycles. The number of nitrogens with zero attached hydrogens (tertiary/aromatic N) is 4. The van der Waals surface area contributed by atoms with E-state index in [1.54, 1.807) is 6.20 Å². The fourth-order valence-corrected chi connectivity index (χ4v) is 2.59. The lowest BCUT2D eigenvalue weighted by Crippen LogP contribution is -2.43. The maximum atomic E-state index is 8.82. The predicted octanol–water partition coefficient (Wildman–Crippen LogP) is 1.66. The molecule has 2 aromatic rings. The molecule has 0 radical (unpaired) electrons. The van der Waals surface area contributed by atoms with E-state index in [1.807, 2.05) is 41.2 Å². The zero-order valence-electron chi connectivity index (χ0n) is 11.9. The Labute approximate surface area is 124 Å². The molecule has 0 bridgehead atoms. The summed E-state index contributed by atoms with van der Waals surface area (Å²) in [6.45, 7) is 4.28. The molecule has 21 heavy (non-hydrogen) atoms. The predicted molar refractivity (Wildman–Crippen MR) is 78.4 cm³/mol. The topological polar surface area (TPSA) is 54.1 Å². The number of morpholine rings is 1. The van der Waals surface area contributed by atoms with Crippen LogP contribution < -0.4 is 0 Å². The van der Waals surface area contributed by atoms with Gasteiger partial charge in [0.05, 0.1) is 30.9 Å². The summed E-state index contributed by atoms with van der Waals surface area (Å²) in [6.07, 6.45) is 3.93. The second kappa shape index (κ2) is 6.53. The normalized spacial score (nSPS) is 19.3. The van der Waals surface area contributed by atoms with E-state index in [9.17, 15) is 0 Å². The molecule has 1 aliphatic rings. The summed E-state index contributed by atoms with van der Waals surface area (Å²) in [6, 6.07) is 11.9. The Bertz CT molecular complexity index is 600. The maximum absolute atomic E-state index is 8.82. The van der Waals surface area contributed by atoms with Crippen molar-refractivity contribution in [2.45, 2.75) is 19.2 Å². The quantitative estimate of drug-likeness (QED) is 0.855. The summed E-state index contributed by atoms with van der Waals surface area (Å²) in [5.74, 6) is 0. The van der Waals surface area contributed by atoms with Crippen LogP contribution in [0, 0.1) is 11.3 Å². The molecule has 5 nitrogen and oxygen atoms in total. The SMILES string of the molecule is N#Cc1ccc(CN2CCO[C@@H](Cn3cccn3)C2)cc1. The Morgan fingerprint density at radius 2 is 2.19 bits per heavy atom. The van der Waals surface area contributed by atoms with E-state index in [2.05, 4.69) is 16.1 Å². The maximum Gasteiger partial charge on any atom is 0.0991 e. The first-order valence-corrected chi connectivity index (χ1v) is 7.14. The molecule has 0 N–H and O–H groups in total. The summed E-state index contributed by atoms with van der Waals surface area (Å²) in [5, 5.41) is 13.0. The summed E-state index contributed by atoms with van der Waals surface area (Å²) in [4.78, 5) is 2.39. The Balaban J connectivity index is 1.56. The van der Waals surface area contributed by atoms with Crippen LogP contribution in [0.5, 0.6) is 0 Å². The Morgan fingerprint density at radius 3 is 2.90 bits per heavy atom. The molecule has 0 saturated carbocycles. The van der Waals surface area contributed by atoms with E-state index in [0.717, 1.165) is 32.8 Å². The summed E-state index contributed by atoms with van der Waals surface area (Å²) >= 11 is 0. The lowest BCUT2D eigenvalue weighted by Gasteiger charge is -2.32. The van der Waals surface area contributed by atoms with Gasteiger partial charge in [0.2, 0.25) is 0 Å². The molecule has 3 rings (SSSR count). The van der Waals surface area contributed by atoms with E-state index >= 15 is 0 Å². The van der Waals surface area contributed by atoms with Crippen molar-refractivity contribution in [3.63, 3.8) is 0 Å². The fourth-order valence-electron chi connectivity index (χ4n) is 2.59. The fraction of sp³-hybridized carbons (Fsp3) is 0.375. The van der Waals surface area contributed by atoms with Gasteiger partial charge in [-0.3, -0.25) is 9.58 Å². The van der Waals surface area contributed by atoms with Gasteiger partial charge in [-0.15, -0.1) is 0 Å². The van der Waals surface area contributed by atoms with Crippen LogP contribution in [0.25, 0.3) is 0 Å². The molecule has 0 spiro atoms. The van der Waals surface area contributed by atoms with Gasteiger partial charge in [0.1, 0.15) is 0 Å². The van der Waals surface area contributed by atoms with Crippen LogP contribution in [0.15, 0.2) is 42.7 Å². The van der Waals surface area contributed by atoms with Gasteiger partial charge < -0.3 is 4.74 Å². The second-order valence-corrected chi connectivity index (χ2v) is 5.26. The van der Waals surface area contributed by atoms with Crippen LogP contribution in [-0.2, 0) is 17.8 Å². The zero-order chi connectivity index (χ0) is 14.5. The number of benzene rings is 1. The third kappa shape index (κ3) is 3.69. The van der Waals surface area contributed by atoms with Crippen molar-refractivity contribution in [2.75, 3.05) is 19.7 Å². The third-order valence-corrected chi connectivity index (χ3v) is 3.66. The molecule has 108 valence electrons. The number of rotatable bonds is 4. The minimum absolute atomic E-state index is 0.178. The largest absolute Gasteiger partial charge is 0.374 e. The van der Waals surface area contributed by atoms with Crippen molar-refractivity contribution >= 4 is 0 Å². The van der Waals surface area contributed by atoms with Gasteiger partial charge in [0, 0.05) is 32.0 Å². The molecule has 0 unspecified atom stereocenters. The molecular formula is C16H18N4O. The van der Waals surface area contributed by atoms with Crippen molar-refractivity contribution < 1.29 is 4.74 Å². The molecule has 5 heteroatoms. The van der Waals surface area contributed by atoms with Crippen LogP contribution in [0.4, 0.5) is 0 Å². The molecule has 1 fully saturated rings. The van der Waals surface area contributed by atoms with Gasteiger partial charge in [-0.2, -0.15) is 10.4 Å². The molecule has 0 aliphatic carbocycles. The summed E-state index contributed by atoms with van der Waals surface area (Å²) in [5.41, 5.74) is 1.94. The van der Waals surface area contributed by atoms with Gasteiger partial charge >= 0.3 is 0 Å².